The average molecular weight is 224 g/mol. The lowest BCUT2D eigenvalue weighted by Crippen LogP contribution is -2.30. The molecule has 86 valence electrons. The van der Waals surface area contributed by atoms with Gasteiger partial charge in [0, 0.05) is 5.92 Å². The number of carbonyl (C=O) groups excluding carboxylic acids is 1. The Hall–Kier alpha value is -1.58. The molecule has 0 saturated heterocycles. The van der Waals surface area contributed by atoms with Gasteiger partial charge in [-0.2, -0.15) is 0 Å². The molecule has 3 nitrogen and oxygen atoms in total. The Morgan fingerprint density at radius 1 is 1.38 bits per heavy atom. The van der Waals surface area contributed by atoms with Crippen molar-refractivity contribution < 1.29 is 18.7 Å². The molecule has 1 aromatic rings. The molecule has 1 aliphatic rings. The molecule has 0 spiro atoms. The number of hydrogen-bond acceptors (Lipinski definition) is 3. The van der Waals surface area contributed by atoms with Gasteiger partial charge in [0.2, 0.25) is 0 Å². The molecule has 1 fully saturated rings. The molecule has 0 heterocycles. The molecule has 16 heavy (non-hydrogen) atoms. The SMILES string of the molecule is COC(=O)C(Oc1ccc(F)cc1)C1CC1. The summed E-state index contributed by atoms with van der Waals surface area (Å²) in [7, 11) is 1.34. The Kier molecular flexibility index (Phi) is 3.08. The standard InChI is InChI=1S/C12H13FO3/c1-15-12(14)11(8-2-3-8)16-10-6-4-9(13)5-7-10/h4-8,11H,2-3H2,1H3. The van der Waals surface area contributed by atoms with Crippen molar-refractivity contribution in [3.8, 4) is 5.75 Å². The maximum atomic E-state index is 12.7. The number of rotatable bonds is 4. The van der Waals surface area contributed by atoms with E-state index in [1.54, 1.807) is 0 Å². The van der Waals surface area contributed by atoms with Crippen LogP contribution in [0, 0.1) is 11.7 Å². The Bertz CT molecular complexity index is 370. The van der Waals surface area contributed by atoms with Gasteiger partial charge in [0.05, 0.1) is 7.11 Å². The Morgan fingerprint density at radius 3 is 2.50 bits per heavy atom. The average Bonchev–Trinajstić information content (AvgIpc) is 3.11. The van der Waals surface area contributed by atoms with Crippen LogP contribution < -0.4 is 4.74 Å². The zero-order valence-corrected chi connectivity index (χ0v) is 8.98. The highest BCUT2D eigenvalue weighted by Crippen LogP contribution is 2.35. The molecule has 0 bridgehead atoms. The van der Waals surface area contributed by atoms with Crippen LogP contribution in [0.1, 0.15) is 12.8 Å². The van der Waals surface area contributed by atoms with E-state index in [-0.39, 0.29) is 17.7 Å². The Balaban J connectivity index is 2.05. The maximum Gasteiger partial charge on any atom is 0.347 e. The predicted molar refractivity (Wildman–Crippen MR) is 55.6 cm³/mol. The molecule has 0 amide bonds. The summed E-state index contributed by atoms with van der Waals surface area (Å²) in [5, 5.41) is 0. The molecular formula is C12H13FO3. The van der Waals surface area contributed by atoms with Crippen molar-refractivity contribution in [1.82, 2.24) is 0 Å². The molecule has 1 saturated carbocycles. The summed E-state index contributed by atoms with van der Waals surface area (Å²) in [6.45, 7) is 0. The van der Waals surface area contributed by atoms with Crippen molar-refractivity contribution in [2.24, 2.45) is 5.92 Å². The van der Waals surface area contributed by atoms with Gasteiger partial charge in [-0.1, -0.05) is 0 Å². The first-order chi connectivity index (χ1) is 7.70. The van der Waals surface area contributed by atoms with Crippen LogP contribution in [-0.4, -0.2) is 19.2 Å². The van der Waals surface area contributed by atoms with Crippen LogP contribution in [0.25, 0.3) is 0 Å². The molecule has 1 aromatic carbocycles. The van der Waals surface area contributed by atoms with Crippen LogP contribution in [-0.2, 0) is 9.53 Å². The minimum atomic E-state index is -0.560. The van der Waals surface area contributed by atoms with Crippen molar-refractivity contribution in [3.05, 3.63) is 30.1 Å². The van der Waals surface area contributed by atoms with Gasteiger partial charge < -0.3 is 9.47 Å². The van der Waals surface area contributed by atoms with E-state index in [4.69, 9.17) is 4.74 Å². The molecule has 0 aliphatic heterocycles. The lowest BCUT2D eigenvalue weighted by molar-refractivity contribution is -0.149. The maximum absolute atomic E-state index is 12.7. The first kappa shape index (κ1) is 10.9. The highest BCUT2D eigenvalue weighted by Gasteiger charge is 2.38. The van der Waals surface area contributed by atoms with Crippen molar-refractivity contribution in [1.29, 1.82) is 0 Å². The van der Waals surface area contributed by atoms with E-state index in [2.05, 4.69) is 4.74 Å². The van der Waals surface area contributed by atoms with Crippen molar-refractivity contribution in [3.63, 3.8) is 0 Å². The molecule has 4 heteroatoms. The fourth-order valence-corrected chi connectivity index (χ4v) is 1.51. The van der Waals surface area contributed by atoms with E-state index in [0.29, 0.717) is 5.75 Å². The van der Waals surface area contributed by atoms with E-state index in [1.807, 2.05) is 0 Å². The molecular weight excluding hydrogens is 211 g/mol. The van der Waals surface area contributed by atoms with Gasteiger partial charge in [0.1, 0.15) is 11.6 Å². The summed E-state index contributed by atoms with van der Waals surface area (Å²) in [4.78, 5) is 11.4. The quantitative estimate of drug-likeness (QED) is 0.735. The van der Waals surface area contributed by atoms with Gasteiger partial charge in [-0.15, -0.1) is 0 Å². The molecule has 0 aromatic heterocycles. The molecule has 0 radical (unpaired) electrons. The fraction of sp³-hybridized carbons (Fsp3) is 0.417. The third-order valence-corrected chi connectivity index (χ3v) is 2.56. The minimum absolute atomic E-state index is 0.234. The first-order valence-electron chi connectivity index (χ1n) is 5.21. The number of carbonyl (C=O) groups is 1. The second-order valence-electron chi connectivity index (χ2n) is 3.85. The molecule has 1 aliphatic carbocycles. The van der Waals surface area contributed by atoms with E-state index in [1.165, 1.54) is 31.4 Å². The van der Waals surface area contributed by atoms with E-state index >= 15 is 0 Å². The highest BCUT2D eigenvalue weighted by atomic mass is 19.1. The smallest absolute Gasteiger partial charge is 0.347 e. The summed E-state index contributed by atoms with van der Waals surface area (Å²) < 4.78 is 22.8. The van der Waals surface area contributed by atoms with E-state index < -0.39 is 6.10 Å². The summed E-state index contributed by atoms with van der Waals surface area (Å²) in [5.41, 5.74) is 0. The van der Waals surface area contributed by atoms with Gasteiger partial charge in [0.25, 0.3) is 0 Å². The minimum Gasteiger partial charge on any atom is -0.478 e. The molecule has 2 rings (SSSR count). The fourth-order valence-electron chi connectivity index (χ4n) is 1.51. The van der Waals surface area contributed by atoms with Crippen molar-refractivity contribution >= 4 is 5.97 Å². The number of methoxy groups -OCH3 is 1. The van der Waals surface area contributed by atoms with Crippen LogP contribution in [0.4, 0.5) is 4.39 Å². The summed E-state index contributed by atoms with van der Waals surface area (Å²) in [6, 6.07) is 5.62. The summed E-state index contributed by atoms with van der Waals surface area (Å²) >= 11 is 0. The second kappa shape index (κ2) is 4.51. The monoisotopic (exact) mass is 224 g/mol. The zero-order valence-electron chi connectivity index (χ0n) is 8.98. The molecule has 0 N–H and O–H groups in total. The van der Waals surface area contributed by atoms with Crippen LogP contribution in [0.2, 0.25) is 0 Å². The lowest BCUT2D eigenvalue weighted by Gasteiger charge is -2.16. The second-order valence-corrected chi connectivity index (χ2v) is 3.85. The van der Waals surface area contributed by atoms with E-state index in [9.17, 15) is 9.18 Å². The third-order valence-electron chi connectivity index (χ3n) is 2.56. The van der Waals surface area contributed by atoms with Crippen molar-refractivity contribution in [2.75, 3.05) is 7.11 Å². The zero-order chi connectivity index (χ0) is 11.5. The van der Waals surface area contributed by atoms with Crippen LogP contribution >= 0.6 is 0 Å². The van der Waals surface area contributed by atoms with E-state index in [0.717, 1.165) is 12.8 Å². The topological polar surface area (TPSA) is 35.5 Å². The Morgan fingerprint density at radius 2 is 2.00 bits per heavy atom. The van der Waals surface area contributed by atoms with Crippen LogP contribution in [0.15, 0.2) is 24.3 Å². The summed E-state index contributed by atoms with van der Waals surface area (Å²) in [5.74, 6) is 0.0291. The molecule has 1 unspecified atom stereocenters. The largest absolute Gasteiger partial charge is 0.478 e. The van der Waals surface area contributed by atoms with Gasteiger partial charge in [-0.25, -0.2) is 9.18 Å². The van der Waals surface area contributed by atoms with Crippen LogP contribution in [0.3, 0.4) is 0 Å². The number of esters is 1. The van der Waals surface area contributed by atoms with Gasteiger partial charge in [-0.3, -0.25) is 0 Å². The number of halogens is 1. The first-order valence-corrected chi connectivity index (χ1v) is 5.21. The highest BCUT2D eigenvalue weighted by molar-refractivity contribution is 5.75. The molecule has 1 atom stereocenters. The lowest BCUT2D eigenvalue weighted by atomic mass is 10.2. The normalized spacial score (nSPS) is 16.6. The number of ether oxygens (including phenoxy) is 2. The van der Waals surface area contributed by atoms with Crippen molar-refractivity contribution in [2.45, 2.75) is 18.9 Å². The number of hydrogen-bond donors (Lipinski definition) is 0. The predicted octanol–water partition coefficient (Wildman–Crippen LogP) is 2.16. The summed E-state index contributed by atoms with van der Waals surface area (Å²) in [6.07, 6.45) is 1.39. The van der Waals surface area contributed by atoms with Gasteiger partial charge in [-0.05, 0) is 37.1 Å². The van der Waals surface area contributed by atoms with Gasteiger partial charge in [0.15, 0.2) is 6.10 Å². The third kappa shape index (κ3) is 2.51. The van der Waals surface area contributed by atoms with Gasteiger partial charge >= 0.3 is 5.97 Å². The van der Waals surface area contributed by atoms with Crippen LogP contribution in [0.5, 0.6) is 5.75 Å². The number of benzene rings is 1. The Labute approximate surface area is 93.2 Å².